The van der Waals surface area contributed by atoms with E-state index < -0.39 is 36.8 Å². The number of rotatable bonds is 4. The summed E-state index contributed by atoms with van der Waals surface area (Å²) in [7, 11) is 0. The highest BCUT2D eigenvalue weighted by atomic mass is 16.7. The molecule has 1 aromatic rings. The van der Waals surface area contributed by atoms with Gasteiger partial charge in [-0.1, -0.05) is 30.3 Å². The summed E-state index contributed by atoms with van der Waals surface area (Å²) in [5.74, 6) is 0. The summed E-state index contributed by atoms with van der Waals surface area (Å²) in [6, 6.07) is 9.29. The zero-order valence-electron chi connectivity index (χ0n) is 11.2. The summed E-state index contributed by atoms with van der Waals surface area (Å²) < 4.78 is 10.8. The van der Waals surface area contributed by atoms with Crippen molar-refractivity contribution in [1.82, 2.24) is 0 Å². The fourth-order valence-corrected chi connectivity index (χ4v) is 2.17. The van der Waals surface area contributed by atoms with Crippen molar-refractivity contribution in [2.24, 2.45) is 0 Å². The van der Waals surface area contributed by atoms with Crippen molar-refractivity contribution in [2.45, 2.75) is 43.7 Å². The van der Waals surface area contributed by atoms with E-state index in [1.807, 2.05) is 30.3 Å². The summed E-state index contributed by atoms with van der Waals surface area (Å²) >= 11 is 0. The molecule has 112 valence electrons. The minimum atomic E-state index is -1.76. The molecule has 1 heterocycles. The predicted molar refractivity (Wildman–Crippen MR) is 69.6 cm³/mol. The van der Waals surface area contributed by atoms with E-state index in [2.05, 4.69) is 0 Å². The number of aliphatic hydroxyl groups is 4. The maximum atomic E-state index is 10.2. The number of hydrogen-bond donors (Lipinski definition) is 4. The lowest BCUT2D eigenvalue weighted by Crippen LogP contribution is -2.65. The van der Waals surface area contributed by atoms with Gasteiger partial charge in [-0.2, -0.15) is 0 Å². The average molecular weight is 284 g/mol. The molecule has 20 heavy (non-hydrogen) atoms. The summed E-state index contributed by atoms with van der Waals surface area (Å²) in [5.41, 5.74) is -0.882. The van der Waals surface area contributed by atoms with Gasteiger partial charge < -0.3 is 29.9 Å². The zero-order chi connectivity index (χ0) is 14.8. The summed E-state index contributed by atoms with van der Waals surface area (Å²) in [5, 5.41) is 39.0. The number of ether oxygens (including phenoxy) is 2. The first kappa shape index (κ1) is 15.4. The van der Waals surface area contributed by atoms with E-state index in [4.69, 9.17) is 14.6 Å². The minimum Gasteiger partial charge on any atom is -0.394 e. The van der Waals surface area contributed by atoms with Crippen molar-refractivity contribution in [2.75, 3.05) is 6.61 Å². The monoisotopic (exact) mass is 284 g/mol. The Hall–Kier alpha value is -1.02. The van der Waals surface area contributed by atoms with Crippen LogP contribution in [-0.4, -0.2) is 57.2 Å². The lowest BCUT2D eigenvalue weighted by atomic mass is 9.88. The Kier molecular flexibility index (Phi) is 4.74. The van der Waals surface area contributed by atoms with E-state index in [9.17, 15) is 15.3 Å². The van der Waals surface area contributed by atoms with Gasteiger partial charge in [-0.3, -0.25) is 0 Å². The highest BCUT2D eigenvalue weighted by molar-refractivity contribution is 5.13. The summed E-state index contributed by atoms with van der Waals surface area (Å²) in [6.07, 6.45) is -4.97. The fraction of sp³-hybridized carbons (Fsp3) is 0.571. The van der Waals surface area contributed by atoms with Crippen molar-refractivity contribution in [3.05, 3.63) is 35.9 Å². The second kappa shape index (κ2) is 6.17. The zero-order valence-corrected chi connectivity index (χ0v) is 11.2. The van der Waals surface area contributed by atoms with Gasteiger partial charge in [0.15, 0.2) is 6.29 Å². The van der Waals surface area contributed by atoms with Gasteiger partial charge >= 0.3 is 0 Å². The van der Waals surface area contributed by atoms with Gasteiger partial charge in [0.25, 0.3) is 0 Å². The van der Waals surface area contributed by atoms with Crippen molar-refractivity contribution in [1.29, 1.82) is 0 Å². The first-order valence-electron chi connectivity index (χ1n) is 6.47. The van der Waals surface area contributed by atoms with Gasteiger partial charge in [0, 0.05) is 0 Å². The predicted octanol–water partition coefficient (Wildman–Crippen LogP) is -0.607. The SMILES string of the molecule is C[C@@]1(O)C(OCc2ccccc2)O[C@H](CO)[C@@H](O)[C@@H]1O. The highest BCUT2D eigenvalue weighted by Gasteiger charge is 2.52. The van der Waals surface area contributed by atoms with E-state index in [1.165, 1.54) is 6.92 Å². The molecule has 0 aromatic heterocycles. The first-order valence-corrected chi connectivity index (χ1v) is 6.47. The Morgan fingerprint density at radius 1 is 1.25 bits per heavy atom. The molecule has 0 amide bonds. The summed E-state index contributed by atoms with van der Waals surface area (Å²) in [4.78, 5) is 0. The van der Waals surface area contributed by atoms with Gasteiger partial charge in [-0.05, 0) is 12.5 Å². The van der Waals surface area contributed by atoms with E-state index >= 15 is 0 Å². The molecule has 0 radical (unpaired) electrons. The van der Waals surface area contributed by atoms with E-state index in [-0.39, 0.29) is 6.61 Å². The number of hydrogen-bond acceptors (Lipinski definition) is 6. The largest absolute Gasteiger partial charge is 0.394 e. The quantitative estimate of drug-likeness (QED) is 0.589. The van der Waals surface area contributed by atoms with Crippen LogP contribution in [0.3, 0.4) is 0 Å². The molecule has 2 rings (SSSR count). The molecule has 5 atom stereocenters. The van der Waals surface area contributed by atoms with Crippen LogP contribution in [0.1, 0.15) is 12.5 Å². The van der Waals surface area contributed by atoms with Crippen LogP contribution in [0.5, 0.6) is 0 Å². The molecule has 1 aromatic carbocycles. The van der Waals surface area contributed by atoms with E-state index in [0.29, 0.717) is 0 Å². The standard InChI is InChI=1S/C14H20O6/c1-14(18)12(17)11(16)10(7-15)20-13(14)19-8-9-5-3-2-4-6-9/h2-6,10-13,15-18H,7-8H2,1H3/t10-,11-,12+,13?,14+/m1/s1. The molecular formula is C14H20O6. The minimum absolute atomic E-state index is 0.183. The molecule has 6 nitrogen and oxygen atoms in total. The van der Waals surface area contributed by atoms with Gasteiger partial charge in [0.2, 0.25) is 0 Å². The van der Waals surface area contributed by atoms with E-state index in [0.717, 1.165) is 5.56 Å². The molecule has 0 spiro atoms. The molecular weight excluding hydrogens is 264 g/mol. The molecule has 1 saturated heterocycles. The lowest BCUT2D eigenvalue weighted by Gasteiger charge is -2.45. The van der Waals surface area contributed by atoms with Crippen molar-refractivity contribution < 1.29 is 29.9 Å². The van der Waals surface area contributed by atoms with Crippen molar-refractivity contribution in [3.8, 4) is 0 Å². The molecule has 1 aliphatic rings. The van der Waals surface area contributed by atoms with Gasteiger partial charge in [-0.15, -0.1) is 0 Å². The molecule has 1 unspecified atom stereocenters. The van der Waals surface area contributed by atoms with Crippen LogP contribution in [0.25, 0.3) is 0 Å². The number of aliphatic hydroxyl groups excluding tert-OH is 3. The molecule has 1 fully saturated rings. The Balaban J connectivity index is 2.05. The van der Waals surface area contributed by atoms with Crippen LogP contribution in [0.2, 0.25) is 0 Å². The first-order chi connectivity index (χ1) is 9.46. The van der Waals surface area contributed by atoms with Crippen LogP contribution in [0.15, 0.2) is 30.3 Å². The maximum Gasteiger partial charge on any atom is 0.189 e. The van der Waals surface area contributed by atoms with Crippen molar-refractivity contribution >= 4 is 0 Å². The third-order valence-electron chi connectivity index (χ3n) is 3.50. The second-order valence-corrected chi connectivity index (χ2v) is 5.15. The molecule has 1 aliphatic heterocycles. The maximum absolute atomic E-state index is 10.2. The van der Waals surface area contributed by atoms with Crippen LogP contribution in [0, 0.1) is 0 Å². The average Bonchev–Trinajstić information content (AvgIpc) is 2.45. The normalized spacial score (nSPS) is 37.9. The van der Waals surface area contributed by atoms with Crippen molar-refractivity contribution in [3.63, 3.8) is 0 Å². The topological polar surface area (TPSA) is 99.4 Å². The highest BCUT2D eigenvalue weighted by Crippen LogP contribution is 2.30. The molecule has 4 N–H and O–H groups in total. The Bertz CT molecular complexity index is 421. The smallest absolute Gasteiger partial charge is 0.189 e. The van der Waals surface area contributed by atoms with Gasteiger partial charge in [0.05, 0.1) is 13.2 Å². The van der Waals surface area contributed by atoms with Crippen LogP contribution in [-0.2, 0) is 16.1 Å². The second-order valence-electron chi connectivity index (χ2n) is 5.15. The fourth-order valence-electron chi connectivity index (χ4n) is 2.17. The van der Waals surface area contributed by atoms with Crippen LogP contribution < -0.4 is 0 Å². The van der Waals surface area contributed by atoms with Gasteiger partial charge in [-0.25, -0.2) is 0 Å². The molecule has 0 bridgehead atoms. The summed E-state index contributed by atoms with van der Waals surface area (Å²) in [6.45, 7) is 1.03. The van der Waals surface area contributed by atoms with Gasteiger partial charge in [0.1, 0.15) is 23.9 Å². The molecule has 6 heteroatoms. The Morgan fingerprint density at radius 3 is 2.50 bits per heavy atom. The Morgan fingerprint density at radius 2 is 1.90 bits per heavy atom. The lowest BCUT2D eigenvalue weighted by molar-refractivity contribution is -0.338. The van der Waals surface area contributed by atoms with Crippen LogP contribution in [0.4, 0.5) is 0 Å². The Labute approximate surface area is 117 Å². The molecule has 0 aliphatic carbocycles. The third kappa shape index (κ3) is 3.01. The number of benzene rings is 1. The third-order valence-corrected chi connectivity index (χ3v) is 3.50. The molecule has 0 saturated carbocycles. The van der Waals surface area contributed by atoms with Crippen LogP contribution >= 0.6 is 0 Å². The van der Waals surface area contributed by atoms with E-state index in [1.54, 1.807) is 0 Å².